The van der Waals surface area contributed by atoms with Gasteiger partial charge >= 0.3 is 0 Å². The summed E-state index contributed by atoms with van der Waals surface area (Å²) in [5, 5.41) is 2.92. The van der Waals surface area contributed by atoms with E-state index in [1.807, 2.05) is 45.9 Å². The first-order chi connectivity index (χ1) is 5.75. The molecule has 0 aliphatic carbocycles. The second-order valence-corrected chi connectivity index (χ2v) is 2.33. The van der Waals surface area contributed by atoms with Crippen molar-refractivity contribution in [3.63, 3.8) is 0 Å². The van der Waals surface area contributed by atoms with Gasteiger partial charge in [0.15, 0.2) is 0 Å². The van der Waals surface area contributed by atoms with Crippen LogP contribution >= 0.6 is 0 Å². The molecule has 0 saturated carbocycles. The van der Waals surface area contributed by atoms with Crippen molar-refractivity contribution in [2.24, 2.45) is 5.18 Å². The minimum absolute atomic E-state index is 0.572. The highest BCUT2D eigenvalue weighted by Crippen LogP contribution is 2.21. The maximum Gasteiger partial charge on any atom is 0.113 e. The summed E-state index contributed by atoms with van der Waals surface area (Å²) in [4.78, 5) is 10.2. The summed E-state index contributed by atoms with van der Waals surface area (Å²) < 4.78 is 0. The van der Waals surface area contributed by atoms with E-state index in [1.54, 1.807) is 0 Å². The monoisotopic (exact) mass is 165 g/mol. The summed E-state index contributed by atoms with van der Waals surface area (Å²) in [5.41, 5.74) is 2.45. The van der Waals surface area contributed by atoms with E-state index in [2.05, 4.69) is 5.18 Å². The number of nitroso groups, excluding NO2 is 1. The summed E-state index contributed by atoms with van der Waals surface area (Å²) in [6.45, 7) is 7.76. The van der Waals surface area contributed by atoms with E-state index in [0.29, 0.717) is 5.69 Å². The van der Waals surface area contributed by atoms with Crippen LogP contribution in [0.5, 0.6) is 0 Å². The standard InChI is InChI=1S/C8H9NO.C2H6/c1-6-4-3-5-7(2)8(6)9-10;1-2/h3-5H,1-2H3;1-2H3. The van der Waals surface area contributed by atoms with E-state index in [-0.39, 0.29) is 0 Å². The van der Waals surface area contributed by atoms with Crippen LogP contribution < -0.4 is 0 Å². The van der Waals surface area contributed by atoms with Crippen molar-refractivity contribution in [2.75, 3.05) is 0 Å². The Balaban J connectivity index is 0.000000561. The maximum atomic E-state index is 10.2. The van der Waals surface area contributed by atoms with Crippen LogP contribution in [0.25, 0.3) is 0 Å². The Morgan fingerprint density at radius 3 is 1.75 bits per heavy atom. The van der Waals surface area contributed by atoms with Gasteiger partial charge in [-0.3, -0.25) is 0 Å². The van der Waals surface area contributed by atoms with Crippen LogP contribution in [0, 0.1) is 18.8 Å². The summed E-state index contributed by atoms with van der Waals surface area (Å²) in [5.74, 6) is 0. The van der Waals surface area contributed by atoms with E-state index < -0.39 is 0 Å². The van der Waals surface area contributed by atoms with Gasteiger partial charge in [0, 0.05) is 0 Å². The highest BCUT2D eigenvalue weighted by molar-refractivity contribution is 5.51. The molecule has 1 rings (SSSR count). The Bertz CT molecular complexity index is 236. The lowest BCUT2D eigenvalue weighted by molar-refractivity contribution is 1.32. The molecule has 0 heterocycles. The van der Waals surface area contributed by atoms with E-state index in [4.69, 9.17) is 0 Å². The van der Waals surface area contributed by atoms with Crippen molar-refractivity contribution in [2.45, 2.75) is 27.7 Å². The number of benzene rings is 1. The normalized spacial score (nSPS) is 8.33. The minimum Gasteiger partial charge on any atom is -0.145 e. The van der Waals surface area contributed by atoms with E-state index in [1.165, 1.54) is 0 Å². The second-order valence-electron chi connectivity index (χ2n) is 2.33. The van der Waals surface area contributed by atoms with Gasteiger partial charge in [-0.25, -0.2) is 0 Å². The lowest BCUT2D eigenvalue weighted by atomic mass is 10.1. The average Bonchev–Trinajstić information content (AvgIpc) is 2.08. The quantitative estimate of drug-likeness (QED) is 0.583. The zero-order valence-corrected chi connectivity index (χ0v) is 8.09. The molecule has 0 spiro atoms. The molecular formula is C10H15NO. The first-order valence-corrected chi connectivity index (χ1v) is 4.15. The Morgan fingerprint density at radius 1 is 1.08 bits per heavy atom. The number of hydrogen-bond donors (Lipinski definition) is 0. The fraction of sp³-hybridized carbons (Fsp3) is 0.400. The van der Waals surface area contributed by atoms with Crippen LogP contribution in [0.1, 0.15) is 25.0 Å². The predicted molar refractivity (Wildman–Crippen MR) is 52.7 cm³/mol. The SMILES string of the molecule is CC.Cc1cccc(C)c1N=O. The fourth-order valence-corrected chi connectivity index (χ4v) is 0.950. The molecule has 0 atom stereocenters. The Hall–Kier alpha value is -1.18. The molecule has 2 nitrogen and oxygen atoms in total. The molecule has 0 amide bonds. The van der Waals surface area contributed by atoms with Crippen LogP contribution in [0.2, 0.25) is 0 Å². The first-order valence-electron chi connectivity index (χ1n) is 4.15. The summed E-state index contributed by atoms with van der Waals surface area (Å²) in [7, 11) is 0. The molecular weight excluding hydrogens is 150 g/mol. The average molecular weight is 165 g/mol. The van der Waals surface area contributed by atoms with Crippen molar-refractivity contribution >= 4 is 5.69 Å². The maximum absolute atomic E-state index is 10.2. The molecule has 0 radical (unpaired) electrons. The van der Waals surface area contributed by atoms with Crippen molar-refractivity contribution in [3.05, 3.63) is 34.2 Å². The van der Waals surface area contributed by atoms with Crippen LogP contribution in [0.4, 0.5) is 5.69 Å². The van der Waals surface area contributed by atoms with Crippen LogP contribution in [-0.2, 0) is 0 Å². The second kappa shape index (κ2) is 5.47. The third-order valence-electron chi connectivity index (χ3n) is 1.53. The van der Waals surface area contributed by atoms with Gasteiger partial charge in [-0.2, -0.15) is 0 Å². The molecule has 66 valence electrons. The van der Waals surface area contributed by atoms with Gasteiger partial charge in [0.05, 0.1) is 0 Å². The van der Waals surface area contributed by atoms with Crippen LogP contribution in [0.15, 0.2) is 23.4 Å². The number of hydrogen-bond acceptors (Lipinski definition) is 2. The highest BCUT2D eigenvalue weighted by atomic mass is 16.3. The van der Waals surface area contributed by atoms with Crippen molar-refractivity contribution in [1.82, 2.24) is 0 Å². The topological polar surface area (TPSA) is 29.4 Å². The molecule has 1 aromatic rings. The zero-order valence-electron chi connectivity index (χ0n) is 8.09. The van der Waals surface area contributed by atoms with Gasteiger partial charge < -0.3 is 0 Å². The third-order valence-corrected chi connectivity index (χ3v) is 1.53. The molecule has 12 heavy (non-hydrogen) atoms. The fourth-order valence-electron chi connectivity index (χ4n) is 0.950. The molecule has 0 aliphatic rings. The molecule has 0 unspecified atom stereocenters. The van der Waals surface area contributed by atoms with Crippen molar-refractivity contribution in [3.8, 4) is 0 Å². The lowest BCUT2D eigenvalue weighted by Crippen LogP contribution is -1.76. The molecule has 0 aromatic heterocycles. The molecule has 0 bridgehead atoms. The Kier molecular flexibility index (Phi) is 4.93. The van der Waals surface area contributed by atoms with Gasteiger partial charge in [-0.15, -0.1) is 4.91 Å². The largest absolute Gasteiger partial charge is 0.145 e. The minimum atomic E-state index is 0.572. The van der Waals surface area contributed by atoms with Gasteiger partial charge in [0.2, 0.25) is 0 Å². The summed E-state index contributed by atoms with van der Waals surface area (Å²) in [6, 6.07) is 5.67. The van der Waals surface area contributed by atoms with E-state index in [0.717, 1.165) is 11.1 Å². The van der Waals surface area contributed by atoms with Gasteiger partial charge in [0.25, 0.3) is 0 Å². The molecule has 0 N–H and O–H groups in total. The first kappa shape index (κ1) is 10.8. The molecule has 0 saturated heterocycles. The smallest absolute Gasteiger partial charge is 0.113 e. The van der Waals surface area contributed by atoms with Gasteiger partial charge in [0.1, 0.15) is 5.69 Å². The Morgan fingerprint density at radius 2 is 1.50 bits per heavy atom. The molecule has 0 fully saturated rings. The number of aryl methyl sites for hydroxylation is 2. The lowest BCUT2D eigenvalue weighted by Gasteiger charge is -1.97. The zero-order chi connectivity index (χ0) is 9.56. The van der Waals surface area contributed by atoms with Crippen molar-refractivity contribution < 1.29 is 0 Å². The highest BCUT2D eigenvalue weighted by Gasteiger charge is 1.98. The predicted octanol–water partition coefficient (Wildman–Crippen LogP) is 3.73. The number of rotatable bonds is 1. The third kappa shape index (κ3) is 2.46. The van der Waals surface area contributed by atoms with Crippen LogP contribution in [0.3, 0.4) is 0 Å². The van der Waals surface area contributed by atoms with Crippen LogP contribution in [-0.4, -0.2) is 0 Å². The number of nitrogens with zero attached hydrogens (tertiary/aromatic N) is 1. The summed E-state index contributed by atoms with van der Waals surface area (Å²) >= 11 is 0. The van der Waals surface area contributed by atoms with Gasteiger partial charge in [-0.05, 0) is 30.2 Å². The summed E-state index contributed by atoms with van der Waals surface area (Å²) in [6.07, 6.45) is 0. The molecule has 0 aliphatic heterocycles. The Labute approximate surface area is 73.6 Å². The van der Waals surface area contributed by atoms with E-state index in [9.17, 15) is 4.91 Å². The van der Waals surface area contributed by atoms with Crippen molar-refractivity contribution in [1.29, 1.82) is 0 Å². The van der Waals surface area contributed by atoms with Gasteiger partial charge in [-0.1, -0.05) is 32.0 Å². The van der Waals surface area contributed by atoms with E-state index >= 15 is 0 Å². The molecule has 1 aromatic carbocycles. The molecule has 2 heteroatoms.